The summed E-state index contributed by atoms with van der Waals surface area (Å²) in [5, 5.41) is 4.70. The number of carbonyl (C=O) groups excluding carboxylic acids is 1. The van der Waals surface area contributed by atoms with Crippen LogP contribution < -0.4 is 10.0 Å². The predicted molar refractivity (Wildman–Crippen MR) is 135 cm³/mol. The molecule has 4 rings (SSSR count). The fourth-order valence-electron chi connectivity index (χ4n) is 3.05. The molecule has 0 bridgehead atoms. The van der Waals surface area contributed by atoms with Crippen molar-refractivity contribution in [1.82, 2.24) is 4.98 Å². The van der Waals surface area contributed by atoms with E-state index in [1.807, 2.05) is 30.3 Å². The third-order valence-electron chi connectivity index (χ3n) is 4.68. The predicted octanol–water partition coefficient (Wildman–Crippen LogP) is 6.46. The highest BCUT2D eigenvalue weighted by Gasteiger charge is 2.32. The van der Waals surface area contributed by atoms with Gasteiger partial charge in [0.1, 0.15) is 0 Å². The minimum absolute atomic E-state index is 0. The Morgan fingerprint density at radius 3 is 2.31 bits per heavy atom. The van der Waals surface area contributed by atoms with E-state index in [4.69, 9.17) is 0 Å². The van der Waals surface area contributed by atoms with E-state index in [1.165, 1.54) is 35.6 Å². The molecule has 0 atom stereocenters. The molecule has 0 unspecified atom stereocenters. The van der Waals surface area contributed by atoms with Gasteiger partial charge >= 0.3 is 6.18 Å². The highest BCUT2D eigenvalue weighted by molar-refractivity contribution is 8.93. The number of sulfonamides is 1. The van der Waals surface area contributed by atoms with Crippen LogP contribution in [0.1, 0.15) is 15.9 Å². The highest BCUT2D eigenvalue weighted by atomic mass is 79.9. The zero-order valence-electron chi connectivity index (χ0n) is 17.6. The lowest BCUT2D eigenvalue weighted by atomic mass is 10.2. The van der Waals surface area contributed by atoms with Crippen LogP contribution in [0, 0.1) is 0 Å². The van der Waals surface area contributed by atoms with E-state index >= 15 is 0 Å². The Labute approximate surface area is 213 Å². The number of carbonyl (C=O) groups is 1. The van der Waals surface area contributed by atoms with Gasteiger partial charge in [0.05, 0.1) is 27.4 Å². The number of nitrogens with one attached hydrogen (secondary N) is 2. The average molecular weight is 584 g/mol. The normalized spacial score (nSPS) is 11.4. The molecule has 4 aromatic rings. The molecule has 1 amide bonds. The average Bonchev–Trinajstić information content (AvgIpc) is 3.28. The molecule has 0 saturated carbocycles. The van der Waals surface area contributed by atoms with Crippen molar-refractivity contribution in [3.05, 3.63) is 95.4 Å². The Bertz CT molecular complexity index is 1440. The van der Waals surface area contributed by atoms with E-state index < -0.39 is 32.6 Å². The van der Waals surface area contributed by atoms with Gasteiger partial charge in [0.2, 0.25) is 0 Å². The second-order valence-corrected chi connectivity index (χ2v) is 9.58. The molecule has 0 fully saturated rings. The van der Waals surface area contributed by atoms with Crippen molar-refractivity contribution < 1.29 is 26.4 Å². The molecule has 0 spiro atoms. The number of benzene rings is 3. The summed E-state index contributed by atoms with van der Waals surface area (Å²) in [6.07, 6.45) is -4.70. The monoisotopic (exact) mass is 583 g/mol. The zero-order chi connectivity index (χ0) is 24.3. The van der Waals surface area contributed by atoms with Gasteiger partial charge in [0.25, 0.3) is 15.9 Å². The van der Waals surface area contributed by atoms with Crippen molar-refractivity contribution in [3.63, 3.8) is 0 Å². The largest absolute Gasteiger partial charge is 0.416 e. The Balaban J connectivity index is 0.00000342. The molecule has 12 heteroatoms. The van der Waals surface area contributed by atoms with Crippen molar-refractivity contribution in [2.75, 3.05) is 10.0 Å². The van der Waals surface area contributed by atoms with Gasteiger partial charge in [-0.25, -0.2) is 13.4 Å². The number of anilines is 2. The maximum Gasteiger partial charge on any atom is 0.416 e. The SMILES string of the molecule is Br.O=C(Nc1nc(-c2ccccc2)cs1)c1ccccc1NS(=O)(=O)c1cccc(C(F)(F)F)c1. The van der Waals surface area contributed by atoms with E-state index in [1.54, 1.807) is 5.38 Å². The fraction of sp³-hybridized carbons (Fsp3) is 0.0435. The Morgan fingerprint density at radius 2 is 1.60 bits per heavy atom. The van der Waals surface area contributed by atoms with Crippen LogP contribution in [0.5, 0.6) is 0 Å². The quantitative estimate of drug-likeness (QED) is 0.272. The van der Waals surface area contributed by atoms with Gasteiger partial charge in [-0.1, -0.05) is 48.5 Å². The molecule has 1 aromatic heterocycles. The molecule has 6 nitrogen and oxygen atoms in total. The summed E-state index contributed by atoms with van der Waals surface area (Å²) < 4.78 is 66.7. The summed E-state index contributed by atoms with van der Waals surface area (Å²) >= 11 is 1.20. The van der Waals surface area contributed by atoms with Crippen LogP contribution in [-0.2, 0) is 16.2 Å². The van der Waals surface area contributed by atoms with E-state index in [0.29, 0.717) is 16.9 Å². The van der Waals surface area contributed by atoms with Gasteiger partial charge < -0.3 is 0 Å². The molecule has 0 aliphatic carbocycles. The highest BCUT2D eigenvalue weighted by Crippen LogP contribution is 2.31. The second kappa shape index (κ2) is 10.6. The minimum atomic E-state index is -4.70. The number of halogens is 4. The molecule has 0 radical (unpaired) electrons. The molecule has 2 N–H and O–H groups in total. The first-order valence-corrected chi connectivity index (χ1v) is 12.1. The minimum Gasteiger partial charge on any atom is -0.298 e. The molecular formula is C23H17BrF3N3O3S2. The molecule has 1 heterocycles. The van der Waals surface area contributed by atoms with E-state index in [0.717, 1.165) is 23.8 Å². The summed E-state index contributed by atoms with van der Waals surface area (Å²) in [4.78, 5) is 16.7. The number of thiazole rings is 1. The maximum absolute atomic E-state index is 13.0. The van der Waals surface area contributed by atoms with Crippen LogP contribution in [-0.4, -0.2) is 19.3 Å². The van der Waals surface area contributed by atoms with Crippen LogP contribution in [0.2, 0.25) is 0 Å². The molecular weight excluding hydrogens is 567 g/mol. The number of para-hydroxylation sites is 1. The van der Waals surface area contributed by atoms with Gasteiger partial charge in [-0.05, 0) is 30.3 Å². The summed E-state index contributed by atoms with van der Waals surface area (Å²) in [6.45, 7) is 0. The van der Waals surface area contributed by atoms with Gasteiger partial charge in [0.15, 0.2) is 5.13 Å². The van der Waals surface area contributed by atoms with Crippen molar-refractivity contribution in [3.8, 4) is 11.3 Å². The molecule has 3 aromatic carbocycles. The summed E-state index contributed by atoms with van der Waals surface area (Å²) in [7, 11) is -4.40. The first-order valence-electron chi connectivity index (χ1n) is 9.75. The summed E-state index contributed by atoms with van der Waals surface area (Å²) in [5.41, 5.74) is 0.332. The fourth-order valence-corrected chi connectivity index (χ4v) is 4.89. The van der Waals surface area contributed by atoms with Gasteiger partial charge in [-0.3, -0.25) is 14.8 Å². The topological polar surface area (TPSA) is 88.2 Å². The van der Waals surface area contributed by atoms with Crippen molar-refractivity contribution in [2.24, 2.45) is 0 Å². The first-order chi connectivity index (χ1) is 16.1. The number of alkyl halides is 3. The van der Waals surface area contributed by atoms with Crippen LogP contribution in [0.3, 0.4) is 0 Å². The number of hydrogen-bond acceptors (Lipinski definition) is 5. The van der Waals surface area contributed by atoms with E-state index in [9.17, 15) is 26.4 Å². The van der Waals surface area contributed by atoms with Gasteiger partial charge in [0, 0.05) is 10.9 Å². The smallest absolute Gasteiger partial charge is 0.298 e. The van der Waals surface area contributed by atoms with E-state index in [-0.39, 0.29) is 28.2 Å². The van der Waals surface area contributed by atoms with Crippen LogP contribution in [0.25, 0.3) is 11.3 Å². The number of rotatable bonds is 6. The molecule has 35 heavy (non-hydrogen) atoms. The Kier molecular flexibility index (Phi) is 7.98. The zero-order valence-corrected chi connectivity index (χ0v) is 21.0. The van der Waals surface area contributed by atoms with Gasteiger partial charge in [-0.15, -0.1) is 28.3 Å². The van der Waals surface area contributed by atoms with Crippen molar-refractivity contribution in [2.45, 2.75) is 11.1 Å². The molecule has 0 aliphatic heterocycles. The second-order valence-electron chi connectivity index (χ2n) is 7.03. The van der Waals surface area contributed by atoms with Crippen molar-refractivity contribution >= 4 is 55.1 Å². The first kappa shape index (κ1) is 26.4. The lowest BCUT2D eigenvalue weighted by Crippen LogP contribution is -2.19. The van der Waals surface area contributed by atoms with Gasteiger partial charge in [-0.2, -0.15) is 13.2 Å². The molecule has 0 aliphatic rings. The molecule has 182 valence electrons. The number of hydrogen-bond donors (Lipinski definition) is 2. The standard InChI is InChI=1S/C23H16F3N3O3S2.BrH/c24-23(25,26)16-9-6-10-17(13-16)34(31,32)29-19-12-5-4-11-18(19)21(30)28-22-27-20(14-33-22)15-7-2-1-3-8-15;/h1-14,29H,(H,27,28,30);1H. The molecule has 0 saturated heterocycles. The summed E-state index contributed by atoms with van der Waals surface area (Å²) in [5.74, 6) is -0.628. The number of amides is 1. The van der Waals surface area contributed by atoms with Crippen LogP contribution in [0.4, 0.5) is 24.0 Å². The lowest BCUT2D eigenvalue weighted by molar-refractivity contribution is -0.137. The van der Waals surface area contributed by atoms with Crippen LogP contribution in [0.15, 0.2) is 89.1 Å². The third kappa shape index (κ3) is 6.27. The Hall–Kier alpha value is -3.22. The summed E-state index contributed by atoms with van der Waals surface area (Å²) in [6, 6.07) is 18.5. The third-order valence-corrected chi connectivity index (χ3v) is 6.80. The van der Waals surface area contributed by atoms with Crippen LogP contribution >= 0.6 is 28.3 Å². The lowest BCUT2D eigenvalue weighted by Gasteiger charge is -2.13. The number of aromatic nitrogens is 1. The Morgan fingerprint density at radius 1 is 0.914 bits per heavy atom. The maximum atomic E-state index is 13.0. The number of nitrogens with zero attached hydrogens (tertiary/aromatic N) is 1. The van der Waals surface area contributed by atoms with E-state index in [2.05, 4.69) is 15.0 Å². The van der Waals surface area contributed by atoms with Crippen molar-refractivity contribution in [1.29, 1.82) is 0 Å².